The molecule has 3 heteroatoms. The van der Waals surface area contributed by atoms with Gasteiger partial charge in [-0.05, 0) is 56.5 Å². The highest BCUT2D eigenvalue weighted by Gasteiger charge is 2.05. The van der Waals surface area contributed by atoms with E-state index < -0.39 is 0 Å². The fourth-order valence-corrected chi connectivity index (χ4v) is 2.33. The minimum Gasteiger partial charge on any atom is -0.314 e. The van der Waals surface area contributed by atoms with Crippen LogP contribution in [0.1, 0.15) is 32.3 Å². The van der Waals surface area contributed by atoms with Crippen LogP contribution in [-0.2, 0) is 6.42 Å². The third-order valence-corrected chi connectivity index (χ3v) is 3.13. The lowest BCUT2D eigenvalue weighted by atomic mass is 10.2. The summed E-state index contributed by atoms with van der Waals surface area (Å²) in [7, 11) is 0. The first-order chi connectivity index (χ1) is 7.61. The van der Waals surface area contributed by atoms with Crippen molar-refractivity contribution in [3.8, 4) is 0 Å². The lowest BCUT2D eigenvalue weighted by molar-refractivity contribution is 0.664. The van der Waals surface area contributed by atoms with Gasteiger partial charge >= 0.3 is 0 Å². The minimum atomic E-state index is 0.768. The normalized spacial score (nSPS) is 19.1. The molecule has 1 nitrogen and oxygen atoms in total. The second-order valence-electron chi connectivity index (χ2n) is 4.17. The van der Waals surface area contributed by atoms with Crippen LogP contribution >= 0.6 is 24.2 Å². The molecule has 0 aliphatic carbocycles. The van der Waals surface area contributed by atoms with Gasteiger partial charge in [0.2, 0.25) is 0 Å². The Bertz CT molecular complexity index is 301. The first kappa shape index (κ1) is 13.9. The van der Waals surface area contributed by atoms with Crippen molar-refractivity contribution in [2.24, 2.45) is 0 Å². The smallest absolute Gasteiger partial charge is 0.0419 e. The first-order valence-corrected chi connectivity index (χ1v) is 6.66. The van der Waals surface area contributed by atoms with E-state index in [1.165, 1.54) is 24.9 Å². The number of thiol groups is 1. The molecule has 0 spiro atoms. The molecule has 2 rings (SSSR count). The van der Waals surface area contributed by atoms with Gasteiger partial charge in [0.15, 0.2) is 0 Å². The maximum absolute atomic E-state index is 5.78. The summed E-state index contributed by atoms with van der Waals surface area (Å²) in [6.07, 6.45) is 3.76. The third kappa shape index (κ3) is 5.24. The molecule has 0 saturated carbocycles. The van der Waals surface area contributed by atoms with Crippen molar-refractivity contribution in [3.63, 3.8) is 0 Å². The molecule has 1 aromatic carbocycles. The lowest BCUT2D eigenvalue weighted by Gasteiger charge is -1.98. The van der Waals surface area contributed by atoms with Crippen LogP contribution in [0.4, 0.5) is 0 Å². The predicted molar refractivity (Wildman–Crippen MR) is 74.8 cm³/mol. The summed E-state index contributed by atoms with van der Waals surface area (Å²) >= 11 is 9.97. The van der Waals surface area contributed by atoms with E-state index >= 15 is 0 Å². The summed E-state index contributed by atoms with van der Waals surface area (Å²) in [6, 6.07) is 6.62. The quantitative estimate of drug-likeness (QED) is 0.726. The maximum atomic E-state index is 5.78. The molecule has 1 N–H and O–H groups in total. The second kappa shape index (κ2) is 7.21. The van der Waals surface area contributed by atoms with Crippen LogP contribution in [-0.4, -0.2) is 12.6 Å². The molecular weight excluding hydrogens is 238 g/mol. The van der Waals surface area contributed by atoms with Gasteiger partial charge in [0.1, 0.15) is 0 Å². The highest BCUT2D eigenvalue weighted by Crippen LogP contribution is 2.17. The van der Waals surface area contributed by atoms with Crippen molar-refractivity contribution >= 4 is 24.2 Å². The van der Waals surface area contributed by atoms with Crippen molar-refractivity contribution in [1.29, 1.82) is 0 Å². The highest BCUT2D eigenvalue weighted by atomic mass is 35.5. The summed E-state index contributed by atoms with van der Waals surface area (Å²) in [4.78, 5) is 0.935. The van der Waals surface area contributed by atoms with Crippen molar-refractivity contribution in [3.05, 3.63) is 28.8 Å². The van der Waals surface area contributed by atoms with Crippen LogP contribution in [0.5, 0.6) is 0 Å². The van der Waals surface area contributed by atoms with Crippen molar-refractivity contribution in [1.82, 2.24) is 5.32 Å². The monoisotopic (exact) mass is 257 g/mol. The van der Waals surface area contributed by atoms with Crippen molar-refractivity contribution in [2.45, 2.75) is 44.0 Å². The molecule has 1 atom stereocenters. The molecule has 1 fully saturated rings. The Morgan fingerprint density at radius 1 is 1.44 bits per heavy atom. The number of rotatable bonds is 1. The van der Waals surface area contributed by atoms with E-state index in [4.69, 9.17) is 11.6 Å². The Balaban J connectivity index is 0.000000181. The van der Waals surface area contributed by atoms with Gasteiger partial charge in [0.05, 0.1) is 0 Å². The Kier molecular flexibility index (Phi) is 6.25. The summed E-state index contributed by atoms with van der Waals surface area (Å²) in [5.41, 5.74) is 1.23. The second-order valence-corrected chi connectivity index (χ2v) is 5.12. The molecule has 1 aliphatic rings. The van der Waals surface area contributed by atoms with E-state index in [-0.39, 0.29) is 0 Å². The number of hydrogen-bond acceptors (Lipinski definition) is 2. The molecule has 0 bridgehead atoms. The van der Waals surface area contributed by atoms with E-state index in [0.29, 0.717) is 0 Å². The van der Waals surface area contributed by atoms with Crippen LogP contribution in [0, 0.1) is 0 Å². The number of benzene rings is 1. The molecule has 1 aromatic rings. The number of halogens is 1. The predicted octanol–water partition coefficient (Wildman–Crippen LogP) is 3.95. The van der Waals surface area contributed by atoms with E-state index in [1.54, 1.807) is 0 Å². The fourth-order valence-electron chi connectivity index (χ4n) is 1.70. The minimum absolute atomic E-state index is 0.768. The van der Waals surface area contributed by atoms with Crippen LogP contribution in [0.15, 0.2) is 23.1 Å². The standard InChI is InChI=1S/C8H9ClS.C5H11N/c1-2-6-3-7(9)5-8(10)4-6;1-5-3-2-4-6-5/h3-5,10H,2H2,1H3;5-6H,2-4H2,1H3. The van der Waals surface area contributed by atoms with E-state index in [1.807, 2.05) is 18.2 Å². The van der Waals surface area contributed by atoms with Gasteiger partial charge < -0.3 is 5.32 Å². The average molecular weight is 258 g/mol. The lowest BCUT2D eigenvalue weighted by Crippen LogP contribution is -2.16. The molecule has 90 valence electrons. The zero-order valence-corrected chi connectivity index (χ0v) is 11.6. The third-order valence-electron chi connectivity index (χ3n) is 2.66. The van der Waals surface area contributed by atoms with E-state index in [0.717, 1.165) is 22.4 Å². The zero-order valence-electron chi connectivity index (χ0n) is 9.96. The van der Waals surface area contributed by atoms with Gasteiger partial charge in [-0.1, -0.05) is 18.5 Å². The zero-order chi connectivity index (χ0) is 12.0. The molecule has 16 heavy (non-hydrogen) atoms. The first-order valence-electron chi connectivity index (χ1n) is 5.83. The fraction of sp³-hybridized carbons (Fsp3) is 0.538. The van der Waals surface area contributed by atoms with Crippen molar-refractivity contribution in [2.75, 3.05) is 6.54 Å². The average Bonchev–Trinajstić information content (AvgIpc) is 2.68. The summed E-state index contributed by atoms with van der Waals surface area (Å²) < 4.78 is 0. The van der Waals surface area contributed by atoms with Crippen LogP contribution in [0.3, 0.4) is 0 Å². The van der Waals surface area contributed by atoms with Gasteiger partial charge in [-0.2, -0.15) is 0 Å². The Labute approximate surface area is 109 Å². The van der Waals surface area contributed by atoms with Gasteiger partial charge in [0, 0.05) is 16.0 Å². The SMILES string of the molecule is CC1CCCN1.CCc1cc(S)cc(Cl)c1. The number of aryl methyl sites for hydroxylation is 1. The number of nitrogens with one attached hydrogen (secondary N) is 1. The van der Waals surface area contributed by atoms with Gasteiger partial charge in [-0.15, -0.1) is 12.6 Å². The molecule has 1 saturated heterocycles. The molecule has 0 amide bonds. The van der Waals surface area contributed by atoms with Crippen LogP contribution < -0.4 is 5.32 Å². The Hall–Kier alpha value is -0.180. The van der Waals surface area contributed by atoms with Crippen LogP contribution in [0.2, 0.25) is 5.02 Å². The summed E-state index contributed by atoms with van der Waals surface area (Å²) in [6.45, 7) is 5.56. The maximum Gasteiger partial charge on any atom is 0.0419 e. The van der Waals surface area contributed by atoms with E-state index in [9.17, 15) is 0 Å². The number of hydrogen-bond donors (Lipinski definition) is 2. The summed E-state index contributed by atoms with van der Waals surface area (Å²) in [5, 5.41) is 4.09. The van der Waals surface area contributed by atoms with E-state index in [2.05, 4.69) is 31.8 Å². The Morgan fingerprint density at radius 2 is 2.19 bits per heavy atom. The largest absolute Gasteiger partial charge is 0.314 e. The molecule has 1 heterocycles. The summed E-state index contributed by atoms with van der Waals surface area (Å²) in [5.74, 6) is 0. The molecule has 0 aromatic heterocycles. The molecule has 0 radical (unpaired) electrons. The van der Waals surface area contributed by atoms with Crippen LogP contribution in [0.25, 0.3) is 0 Å². The topological polar surface area (TPSA) is 12.0 Å². The molecule has 1 unspecified atom stereocenters. The highest BCUT2D eigenvalue weighted by molar-refractivity contribution is 7.80. The van der Waals surface area contributed by atoms with Gasteiger partial charge in [-0.25, -0.2) is 0 Å². The van der Waals surface area contributed by atoms with Gasteiger partial charge in [-0.3, -0.25) is 0 Å². The molecule has 1 aliphatic heterocycles. The Morgan fingerprint density at radius 3 is 2.56 bits per heavy atom. The van der Waals surface area contributed by atoms with Crippen molar-refractivity contribution < 1.29 is 0 Å². The molecular formula is C13H20ClNS. The van der Waals surface area contributed by atoms with Gasteiger partial charge in [0.25, 0.3) is 0 Å².